The molecular formula is C21H24N4O4S. The first-order valence-electron chi connectivity index (χ1n) is 10.2. The Morgan fingerprint density at radius 1 is 1.20 bits per heavy atom. The maximum Gasteiger partial charge on any atom is 0.326 e. The first-order chi connectivity index (χ1) is 14.5. The number of carbonyl (C=O) groups excluding carboxylic acids is 2. The van der Waals surface area contributed by atoms with Crippen molar-refractivity contribution in [1.29, 1.82) is 0 Å². The lowest BCUT2D eigenvalue weighted by Gasteiger charge is -2.34. The van der Waals surface area contributed by atoms with E-state index >= 15 is 0 Å². The molecule has 2 aromatic rings. The lowest BCUT2D eigenvalue weighted by atomic mass is 9.96. The third kappa shape index (κ3) is 3.94. The van der Waals surface area contributed by atoms with Crippen LogP contribution in [0.25, 0.3) is 10.6 Å². The fourth-order valence-corrected chi connectivity index (χ4v) is 5.26. The normalized spacial score (nSPS) is 21.6. The van der Waals surface area contributed by atoms with Crippen molar-refractivity contribution in [3.63, 3.8) is 0 Å². The zero-order chi connectivity index (χ0) is 21.3. The monoisotopic (exact) mass is 428 g/mol. The number of aliphatic carboxylic acids is 1. The molecule has 2 saturated heterocycles. The molecule has 30 heavy (non-hydrogen) atoms. The molecule has 2 aliphatic heterocycles. The Morgan fingerprint density at radius 2 is 2.00 bits per heavy atom. The third-order valence-corrected chi connectivity index (χ3v) is 6.97. The van der Waals surface area contributed by atoms with Gasteiger partial charge in [-0.15, -0.1) is 11.3 Å². The van der Waals surface area contributed by atoms with Gasteiger partial charge in [-0.2, -0.15) is 0 Å². The van der Waals surface area contributed by atoms with Crippen LogP contribution in [0.4, 0.5) is 0 Å². The van der Waals surface area contributed by atoms with E-state index in [0.717, 1.165) is 17.0 Å². The standard InChI is InChI=1S/C21H24N4O4S/c1-13-17(30-18(23-13)14-5-2-8-22-11-14)20(27)24-9-3-6-15(12-24)19(26)25-10-4-7-16(25)21(28)29/h2,5,8,11,15-16H,3-4,6-7,9-10,12H2,1H3,(H,28,29). The number of carbonyl (C=O) groups is 3. The first kappa shape index (κ1) is 20.5. The summed E-state index contributed by atoms with van der Waals surface area (Å²) in [5.74, 6) is -1.56. The summed E-state index contributed by atoms with van der Waals surface area (Å²) in [7, 11) is 0. The van der Waals surface area contributed by atoms with Gasteiger partial charge in [0.05, 0.1) is 11.6 Å². The van der Waals surface area contributed by atoms with E-state index < -0.39 is 12.0 Å². The van der Waals surface area contributed by atoms with E-state index in [1.165, 1.54) is 16.2 Å². The van der Waals surface area contributed by atoms with E-state index in [4.69, 9.17) is 0 Å². The van der Waals surface area contributed by atoms with E-state index in [-0.39, 0.29) is 17.7 Å². The van der Waals surface area contributed by atoms with Crippen molar-refractivity contribution >= 4 is 29.1 Å². The minimum atomic E-state index is -0.951. The molecule has 0 bridgehead atoms. The summed E-state index contributed by atoms with van der Waals surface area (Å²) in [5, 5.41) is 10.1. The van der Waals surface area contributed by atoms with Crippen LogP contribution < -0.4 is 0 Å². The Bertz CT molecular complexity index is 961. The average Bonchev–Trinajstić information content (AvgIpc) is 3.40. The molecule has 4 rings (SSSR count). The fourth-order valence-electron chi connectivity index (χ4n) is 4.24. The number of pyridine rings is 1. The minimum absolute atomic E-state index is 0.117. The number of rotatable bonds is 4. The second-order valence-electron chi connectivity index (χ2n) is 7.79. The molecular weight excluding hydrogens is 404 g/mol. The second kappa shape index (κ2) is 8.51. The van der Waals surface area contributed by atoms with E-state index in [0.29, 0.717) is 49.5 Å². The van der Waals surface area contributed by atoms with Crippen LogP contribution in [0.15, 0.2) is 24.5 Å². The molecule has 2 unspecified atom stereocenters. The zero-order valence-corrected chi connectivity index (χ0v) is 17.6. The molecule has 0 spiro atoms. The highest BCUT2D eigenvalue weighted by molar-refractivity contribution is 7.17. The number of thiazole rings is 1. The van der Waals surface area contributed by atoms with E-state index in [2.05, 4.69) is 9.97 Å². The highest BCUT2D eigenvalue weighted by atomic mass is 32.1. The quantitative estimate of drug-likeness (QED) is 0.802. The number of likely N-dealkylation sites (tertiary alicyclic amines) is 2. The predicted molar refractivity (Wildman–Crippen MR) is 111 cm³/mol. The molecule has 0 aromatic carbocycles. The number of carboxylic acids is 1. The molecule has 2 aromatic heterocycles. The highest BCUT2D eigenvalue weighted by Gasteiger charge is 2.39. The van der Waals surface area contributed by atoms with Gasteiger partial charge >= 0.3 is 5.97 Å². The van der Waals surface area contributed by atoms with Gasteiger partial charge in [-0.3, -0.25) is 14.6 Å². The minimum Gasteiger partial charge on any atom is -0.480 e. The van der Waals surface area contributed by atoms with Crippen molar-refractivity contribution in [2.24, 2.45) is 5.92 Å². The summed E-state index contributed by atoms with van der Waals surface area (Å²) in [6.45, 7) is 3.20. The first-order valence-corrected chi connectivity index (χ1v) is 11.0. The molecule has 2 amide bonds. The summed E-state index contributed by atoms with van der Waals surface area (Å²) < 4.78 is 0. The van der Waals surface area contributed by atoms with Crippen molar-refractivity contribution in [3.05, 3.63) is 35.1 Å². The molecule has 1 N–H and O–H groups in total. The number of hydrogen-bond acceptors (Lipinski definition) is 6. The second-order valence-corrected chi connectivity index (χ2v) is 8.79. The van der Waals surface area contributed by atoms with Gasteiger partial charge in [-0.05, 0) is 44.7 Å². The molecule has 2 aliphatic rings. The van der Waals surface area contributed by atoms with Gasteiger partial charge in [0.2, 0.25) is 5.91 Å². The summed E-state index contributed by atoms with van der Waals surface area (Å²) in [6.07, 6.45) is 6.01. The van der Waals surface area contributed by atoms with Gasteiger partial charge in [0.15, 0.2) is 0 Å². The summed E-state index contributed by atoms with van der Waals surface area (Å²) in [4.78, 5) is 50.0. The van der Waals surface area contributed by atoms with Crippen molar-refractivity contribution in [2.75, 3.05) is 19.6 Å². The van der Waals surface area contributed by atoms with Crippen molar-refractivity contribution in [2.45, 2.75) is 38.6 Å². The maximum absolute atomic E-state index is 13.2. The fraction of sp³-hybridized carbons (Fsp3) is 0.476. The highest BCUT2D eigenvalue weighted by Crippen LogP contribution is 2.30. The molecule has 4 heterocycles. The van der Waals surface area contributed by atoms with Crippen LogP contribution in [-0.2, 0) is 9.59 Å². The Balaban J connectivity index is 1.48. The number of carboxylic acid groups (broad SMARTS) is 1. The van der Waals surface area contributed by atoms with Crippen LogP contribution in [0.5, 0.6) is 0 Å². The number of nitrogens with zero attached hydrogens (tertiary/aromatic N) is 4. The predicted octanol–water partition coefficient (Wildman–Crippen LogP) is 2.44. The zero-order valence-electron chi connectivity index (χ0n) is 16.8. The lowest BCUT2D eigenvalue weighted by Crippen LogP contribution is -2.49. The van der Waals surface area contributed by atoms with E-state index in [1.807, 2.05) is 19.1 Å². The molecule has 0 aliphatic carbocycles. The van der Waals surface area contributed by atoms with Gasteiger partial charge in [0.1, 0.15) is 15.9 Å². The molecule has 9 heteroatoms. The number of piperidine rings is 1. The number of aromatic nitrogens is 2. The average molecular weight is 429 g/mol. The summed E-state index contributed by atoms with van der Waals surface area (Å²) >= 11 is 1.34. The van der Waals surface area contributed by atoms with E-state index in [9.17, 15) is 19.5 Å². The Kier molecular flexibility index (Phi) is 5.80. The molecule has 0 radical (unpaired) electrons. The summed E-state index contributed by atoms with van der Waals surface area (Å²) in [6, 6.07) is 3.00. The van der Waals surface area contributed by atoms with Crippen LogP contribution in [0.2, 0.25) is 0 Å². The third-order valence-electron chi connectivity index (χ3n) is 5.78. The Morgan fingerprint density at radius 3 is 2.73 bits per heavy atom. The molecule has 2 fully saturated rings. The number of hydrogen-bond donors (Lipinski definition) is 1. The van der Waals surface area contributed by atoms with Gasteiger partial charge in [-0.1, -0.05) is 0 Å². The summed E-state index contributed by atoms with van der Waals surface area (Å²) in [5.41, 5.74) is 1.54. The van der Waals surface area contributed by atoms with Crippen LogP contribution in [-0.4, -0.2) is 68.3 Å². The largest absolute Gasteiger partial charge is 0.480 e. The molecule has 8 nitrogen and oxygen atoms in total. The molecule has 2 atom stereocenters. The topological polar surface area (TPSA) is 104 Å². The van der Waals surface area contributed by atoms with Crippen LogP contribution in [0.3, 0.4) is 0 Å². The van der Waals surface area contributed by atoms with Crippen LogP contribution >= 0.6 is 11.3 Å². The SMILES string of the molecule is Cc1nc(-c2cccnc2)sc1C(=O)N1CCCC(C(=O)N2CCCC2C(=O)O)C1. The molecule has 158 valence electrons. The number of amides is 2. The van der Waals surface area contributed by atoms with Crippen molar-refractivity contribution in [1.82, 2.24) is 19.8 Å². The van der Waals surface area contributed by atoms with E-state index in [1.54, 1.807) is 17.3 Å². The lowest BCUT2D eigenvalue weighted by molar-refractivity contribution is -0.150. The maximum atomic E-state index is 13.2. The Labute approximate surface area is 178 Å². The van der Waals surface area contributed by atoms with Crippen molar-refractivity contribution < 1.29 is 19.5 Å². The van der Waals surface area contributed by atoms with Gasteiger partial charge in [-0.25, -0.2) is 9.78 Å². The van der Waals surface area contributed by atoms with Gasteiger partial charge in [0.25, 0.3) is 5.91 Å². The Hall–Kier alpha value is -2.81. The van der Waals surface area contributed by atoms with Gasteiger partial charge in [0, 0.05) is 37.6 Å². The smallest absolute Gasteiger partial charge is 0.326 e. The van der Waals surface area contributed by atoms with Crippen LogP contribution in [0, 0.1) is 12.8 Å². The van der Waals surface area contributed by atoms with Gasteiger partial charge < -0.3 is 14.9 Å². The van der Waals surface area contributed by atoms with Crippen molar-refractivity contribution in [3.8, 4) is 10.6 Å². The number of aryl methyl sites for hydroxylation is 1. The van der Waals surface area contributed by atoms with Crippen LogP contribution in [0.1, 0.15) is 41.0 Å². The molecule has 0 saturated carbocycles.